The van der Waals surface area contributed by atoms with Gasteiger partial charge in [-0.25, -0.2) is 9.97 Å². The molecule has 0 fully saturated rings. The van der Waals surface area contributed by atoms with Gasteiger partial charge < -0.3 is 5.73 Å². The van der Waals surface area contributed by atoms with Crippen LogP contribution in [-0.4, -0.2) is 14.9 Å². The van der Waals surface area contributed by atoms with Crippen LogP contribution >= 0.6 is 0 Å². The zero-order valence-corrected chi connectivity index (χ0v) is 11.6. The van der Waals surface area contributed by atoms with E-state index in [2.05, 4.69) is 9.97 Å². The Bertz CT molecular complexity index is 668. The normalized spacial score (nSPS) is 12.2. The number of nitro groups is 1. The highest BCUT2D eigenvalue weighted by atomic mass is 16.6. The highest BCUT2D eigenvalue weighted by molar-refractivity contribution is 5.63. The number of aromatic nitrogens is 2. The van der Waals surface area contributed by atoms with Gasteiger partial charge in [-0.2, -0.15) is 0 Å². The van der Waals surface area contributed by atoms with E-state index in [-0.39, 0.29) is 11.7 Å². The van der Waals surface area contributed by atoms with Gasteiger partial charge in [0, 0.05) is 41.2 Å². The molecule has 0 saturated heterocycles. The number of non-ortho nitro benzene ring substituents is 1. The largest absolute Gasteiger partial charge is 0.324 e. The topological polar surface area (TPSA) is 94.9 Å². The lowest BCUT2D eigenvalue weighted by Gasteiger charge is -2.10. The van der Waals surface area contributed by atoms with Crippen LogP contribution in [0.5, 0.6) is 0 Å². The van der Waals surface area contributed by atoms with E-state index in [1.807, 2.05) is 20.8 Å². The molecule has 2 aromatic rings. The Balaban J connectivity index is 2.54. The minimum Gasteiger partial charge on any atom is -0.324 e. The Morgan fingerprint density at radius 3 is 2.60 bits per heavy atom. The van der Waals surface area contributed by atoms with Gasteiger partial charge in [-0.1, -0.05) is 6.07 Å². The average Bonchev–Trinajstić information content (AvgIpc) is 2.38. The fraction of sp³-hybridized carbons (Fsp3) is 0.286. The van der Waals surface area contributed by atoms with Gasteiger partial charge in [0.2, 0.25) is 0 Å². The molecule has 0 bridgehead atoms. The quantitative estimate of drug-likeness (QED) is 0.684. The lowest BCUT2D eigenvalue weighted by Crippen LogP contribution is -2.09. The molecule has 0 amide bonds. The summed E-state index contributed by atoms with van der Waals surface area (Å²) in [4.78, 5) is 19.1. The van der Waals surface area contributed by atoms with Crippen LogP contribution in [-0.2, 0) is 0 Å². The first-order chi connectivity index (χ1) is 9.40. The van der Waals surface area contributed by atoms with Crippen LogP contribution in [0.1, 0.15) is 29.8 Å². The van der Waals surface area contributed by atoms with Crippen molar-refractivity contribution in [2.24, 2.45) is 5.73 Å². The molecule has 1 aromatic heterocycles. The number of nitrogens with zero attached hydrogens (tertiary/aromatic N) is 3. The van der Waals surface area contributed by atoms with E-state index in [1.165, 1.54) is 12.1 Å². The van der Waals surface area contributed by atoms with E-state index in [4.69, 9.17) is 5.73 Å². The third-order valence-corrected chi connectivity index (χ3v) is 3.18. The average molecular weight is 272 g/mol. The lowest BCUT2D eigenvalue weighted by molar-refractivity contribution is -0.384. The highest BCUT2D eigenvalue weighted by Gasteiger charge is 2.14. The lowest BCUT2D eigenvalue weighted by atomic mass is 10.1. The summed E-state index contributed by atoms with van der Waals surface area (Å²) in [7, 11) is 0. The van der Waals surface area contributed by atoms with Gasteiger partial charge in [-0.3, -0.25) is 10.1 Å². The van der Waals surface area contributed by atoms with E-state index >= 15 is 0 Å². The number of nitro benzene ring substituents is 1. The van der Waals surface area contributed by atoms with Gasteiger partial charge in [-0.15, -0.1) is 0 Å². The van der Waals surface area contributed by atoms with Crippen molar-refractivity contribution in [2.45, 2.75) is 26.8 Å². The van der Waals surface area contributed by atoms with Crippen LogP contribution in [0.2, 0.25) is 0 Å². The Kier molecular flexibility index (Phi) is 3.76. The molecule has 0 aliphatic heterocycles. The summed E-state index contributed by atoms with van der Waals surface area (Å²) in [5.41, 5.74) is 9.08. The van der Waals surface area contributed by atoms with E-state index in [0.29, 0.717) is 11.4 Å². The standard InChI is InChI=1S/C14H16N4O2/c1-8-4-5-11(18(19)20)6-12(8)14-16-7-13(9(2)15)10(3)17-14/h4-7,9H,15H2,1-3H3/t9-/m1/s1. The van der Waals surface area contributed by atoms with E-state index in [9.17, 15) is 10.1 Å². The SMILES string of the molecule is Cc1ccc([N+](=O)[O-])cc1-c1ncc([C@@H](C)N)c(C)n1. The number of hydrogen-bond acceptors (Lipinski definition) is 5. The predicted octanol–water partition coefficient (Wildman–Crippen LogP) is 2.69. The molecule has 0 unspecified atom stereocenters. The number of rotatable bonds is 3. The Labute approximate surface area is 116 Å². The summed E-state index contributed by atoms with van der Waals surface area (Å²) in [6.07, 6.45) is 1.68. The molecule has 0 aliphatic rings. The van der Waals surface area contributed by atoms with E-state index < -0.39 is 4.92 Å². The molecule has 2 rings (SSSR count). The van der Waals surface area contributed by atoms with Crippen molar-refractivity contribution in [1.29, 1.82) is 0 Å². The maximum absolute atomic E-state index is 10.9. The van der Waals surface area contributed by atoms with Gasteiger partial charge in [0.1, 0.15) is 0 Å². The number of hydrogen-bond donors (Lipinski definition) is 1. The second-order valence-corrected chi connectivity index (χ2v) is 4.78. The van der Waals surface area contributed by atoms with Crippen LogP contribution in [0, 0.1) is 24.0 Å². The summed E-state index contributed by atoms with van der Waals surface area (Å²) in [5.74, 6) is 0.480. The van der Waals surface area contributed by atoms with Crippen molar-refractivity contribution in [3.63, 3.8) is 0 Å². The fourth-order valence-corrected chi connectivity index (χ4v) is 2.02. The van der Waals surface area contributed by atoms with Crippen molar-refractivity contribution < 1.29 is 4.92 Å². The van der Waals surface area contributed by atoms with Crippen molar-refractivity contribution in [3.05, 3.63) is 51.3 Å². The smallest absolute Gasteiger partial charge is 0.270 e. The second kappa shape index (κ2) is 5.34. The monoisotopic (exact) mass is 272 g/mol. The molecular weight excluding hydrogens is 256 g/mol. The second-order valence-electron chi connectivity index (χ2n) is 4.78. The minimum atomic E-state index is -0.424. The highest BCUT2D eigenvalue weighted by Crippen LogP contribution is 2.26. The molecule has 6 nitrogen and oxygen atoms in total. The summed E-state index contributed by atoms with van der Waals surface area (Å²) < 4.78 is 0. The molecule has 1 atom stereocenters. The molecule has 104 valence electrons. The van der Waals surface area contributed by atoms with E-state index in [0.717, 1.165) is 16.8 Å². The van der Waals surface area contributed by atoms with Crippen molar-refractivity contribution in [1.82, 2.24) is 9.97 Å². The maximum Gasteiger partial charge on any atom is 0.270 e. The first kappa shape index (κ1) is 14.1. The Hall–Kier alpha value is -2.34. The maximum atomic E-state index is 10.9. The number of benzene rings is 1. The molecular formula is C14H16N4O2. The first-order valence-corrected chi connectivity index (χ1v) is 6.24. The van der Waals surface area contributed by atoms with Crippen LogP contribution < -0.4 is 5.73 Å². The summed E-state index contributed by atoms with van der Waals surface area (Å²) in [6.45, 7) is 5.59. The molecule has 6 heteroatoms. The molecule has 0 radical (unpaired) electrons. The van der Waals surface area contributed by atoms with E-state index in [1.54, 1.807) is 12.3 Å². The summed E-state index contributed by atoms with van der Waals surface area (Å²) >= 11 is 0. The Morgan fingerprint density at radius 2 is 2.05 bits per heavy atom. The van der Waals surface area contributed by atoms with Gasteiger partial charge in [0.05, 0.1) is 4.92 Å². The third-order valence-electron chi connectivity index (χ3n) is 3.18. The zero-order valence-electron chi connectivity index (χ0n) is 11.6. The van der Waals surface area contributed by atoms with Crippen LogP contribution in [0.3, 0.4) is 0 Å². The van der Waals surface area contributed by atoms with Crippen molar-refractivity contribution in [2.75, 3.05) is 0 Å². The van der Waals surface area contributed by atoms with Crippen molar-refractivity contribution >= 4 is 5.69 Å². The number of nitrogens with two attached hydrogens (primary N) is 1. The van der Waals surface area contributed by atoms with Gasteiger partial charge in [0.25, 0.3) is 5.69 Å². The third kappa shape index (κ3) is 2.65. The molecule has 20 heavy (non-hydrogen) atoms. The molecule has 2 N–H and O–H groups in total. The molecule has 1 aromatic carbocycles. The van der Waals surface area contributed by atoms with Gasteiger partial charge >= 0.3 is 0 Å². The predicted molar refractivity (Wildman–Crippen MR) is 76.2 cm³/mol. The number of aryl methyl sites for hydroxylation is 2. The summed E-state index contributed by atoms with van der Waals surface area (Å²) in [6, 6.07) is 4.53. The summed E-state index contributed by atoms with van der Waals surface area (Å²) in [5, 5.41) is 10.9. The van der Waals surface area contributed by atoms with Gasteiger partial charge in [-0.05, 0) is 26.3 Å². The van der Waals surface area contributed by atoms with Gasteiger partial charge in [0.15, 0.2) is 5.82 Å². The molecule has 0 spiro atoms. The van der Waals surface area contributed by atoms with Crippen LogP contribution in [0.15, 0.2) is 24.4 Å². The zero-order chi connectivity index (χ0) is 14.9. The van der Waals surface area contributed by atoms with Crippen LogP contribution in [0.4, 0.5) is 5.69 Å². The minimum absolute atomic E-state index is 0.0307. The Morgan fingerprint density at radius 1 is 1.35 bits per heavy atom. The van der Waals surface area contributed by atoms with Crippen molar-refractivity contribution in [3.8, 4) is 11.4 Å². The molecule has 0 aliphatic carbocycles. The van der Waals surface area contributed by atoms with Crippen LogP contribution in [0.25, 0.3) is 11.4 Å². The first-order valence-electron chi connectivity index (χ1n) is 6.24. The molecule has 0 saturated carbocycles. The molecule has 1 heterocycles. The fourth-order valence-electron chi connectivity index (χ4n) is 2.02.